The maximum atomic E-state index is 5.54. The van der Waals surface area contributed by atoms with Gasteiger partial charge in [0.1, 0.15) is 0 Å². The molecule has 0 aliphatic heterocycles. The molecule has 25 heavy (non-hydrogen) atoms. The second kappa shape index (κ2) is 14.7. The van der Waals surface area contributed by atoms with Gasteiger partial charge in [-0.2, -0.15) is 0 Å². The fourth-order valence-electron chi connectivity index (χ4n) is 2.24. The first-order valence-corrected chi connectivity index (χ1v) is 9.47. The first kappa shape index (κ1) is 21.4. The second-order valence-corrected chi connectivity index (χ2v) is 6.30. The number of ether oxygens (including phenoxy) is 2. The zero-order chi connectivity index (χ0) is 18.2. The molecule has 0 aromatic heterocycles. The van der Waals surface area contributed by atoms with E-state index in [0.29, 0.717) is 12.7 Å². The Balaban J connectivity index is 0.000000370. The summed E-state index contributed by atoms with van der Waals surface area (Å²) in [7, 11) is 0. The van der Waals surface area contributed by atoms with Crippen LogP contribution >= 0.6 is 0 Å². The molecular weight excluding hydrogens is 308 g/mol. The van der Waals surface area contributed by atoms with Crippen molar-refractivity contribution in [2.45, 2.75) is 52.6 Å². The molecule has 138 valence electrons. The molecule has 0 saturated heterocycles. The summed E-state index contributed by atoms with van der Waals surface area (Å²) >= 11 is 0. The Kier molecular flexibility index (Phi) is 12.6. The molecule has 2 nitrogen and oxygen atoms in total. The lowest BCUT2D eigenvalue weighted by atomic mass is 10.1. The second-order valence-electron chi connectivity index (χ2n) is 6.30. The SMILES string of the molecule is CCC(C)OCCOCCCCc1ccccc1.Cc1ccccc1. The molecule has 2 aromatic carbocycles. The fourth-order valence-corrected chi connectivity index (χ4v) is 2.24. The van der Waals surface area contributed by atoms with Crippen LogP contribution in [0.3, 0.4) is 0 Å². The van der Waals surface area contributed by atoms with Crippen molar-refractivity contribution in [2.75, 3.05) is 19.8 Å². The minimum absolute atomic E-state index is 0.353. The molecule has 0 spiro atoms. The van der Waals surface area contributed by atoms with Crippen molar-refractivity contribution >= 4 is 0 Å². The summed E-state index contributed by atoms with van der Waals surface area (Å²) in [5.41, 5.74) is 2.74. The summed E-state index contributed by atoms with van der Waals surface area (Å²) in [6, 6.07) is 20.9. The van der Waals surface area contributed by atoms with Crippen LogP contribution in [0.5, 0.6) is 0 Å². The maximum Gasteiger partial charge on any atom is 0.0704 e. The Hall–Kier alpha value is -1.64. The van der Waals surface area contributed by atoms with Crippen LogP contribution in [0.2, 0.25) is 0 Å². The molecule has 0 heterocycles. The van der Waals surface area contributed by atoms with Gasteiger partial charge >= 0.3 is 0 Å². The highest BCUT2D eigenvalue weighted by molar-refractivity contribution is 5.14. The molecule has 1 unspecified atom stereocenters. The zero-order valence-electron chi connectivity index (χ0n) is 16.1. The highest BCUT2D eigenvalue weighted by Crippen LogP contribution is 2.04. The molecule has 2 heteroatoms. The third-order valence-electron chi connectivity index (χ3n) is 3.99. The Morgan fingerprint density at radius 2 is 1.44 bits per heavy atom. The topological polar surface area (TPSA) is 18.5 Å². The van der Waals surface area contributed by atoms with Crippen molar-refractivity contribution < 1.29 is 9.47 Å². The predicted molar refractivity (Wildman–Crippen MR) is 107 cm³/mol. The molecule has 1 atom stereocenters. The summed E-state index contributed by atoms with van der Waals surface area (Å²) in [6.45, 7) is 8.59. The van der Waals surface area contributed by atoms with Crippen LogP contribution in [0.1, 0.15) is 44.2 Å². The van der Waals surface area contributed by atoms with Gasteiger partial charge < -0.3 is 9.47 Å². The van der Waals surface area contributed by atoms with Gasteiger partial charge in [-0.15, -0.1) is 0 Å². The molecule has 0 saturated carbocycles. The van der Waals surface area contributed by atoms with E-state index in [9.17, 15) is 0 Å². The molecule has 0 bridgehead atoms. The number of benzene rings is 2. The van der Waals surface area contributed by atoms with E-state index in [2.05, 4.69) is 63.2 Å². The number of aryl methyl sites for hydroxylation is 2. The van der Waals surface area contributed by atoms with E-state index >= 15 is 0 Å². The van der Waals surface area contributed by atoms with Crippen LogP contribution in [0.4, 0.5) is 0 Å². The Labute approximate surface area is 154 Å². The van der Waals surface area contributed by atoms with E-state index < -0.39 is 0 Å². The van der Waals surface area contributed by atoms with Crippen molar-refractivity contribution in [3.05, 3.63) is 71.8 Å². The molecule has 0 aliphatic rings. The van der Waals surface area contributed by atoms with Crippen LogP contribution in [-0.4, -0.2) is 25.9 Å². The minimum Gasteiger partial charge on any atom is -0.379 e. The Morgan fingerprint density at radius 1 is 0.800 bits per heavy atom. The lowest BCUT2D eigenvalue weighted by Gasteiger charge is -2.10. The number of unbranched alkanes of at least 4 members (excludes halogenated alkanes) is 1. The van der Waals surface area contributed by atoms with Gasteiger partial charge in [0, 0.05) is 6.61 Å². The van der Waals surface area contributed by atoms with E-state index in [1.165, 1.54) is 17.5 Å². The monoisotopic (exact) mass is 342 g/mol. The van der Waals surface area contributed by atoms with Gasteiger partial charge in [0.15, 0.2) is 0 Å². The van der Waals surface area contributed by atoms with Crippen LogP contribution < -0.4 is 0 Å². The smallest absolute Gasteiger partial charge is 0.0704 e. The molecule has 0 aliphatic carbocycles. The molecular formula is C23H34O2. The largest absolute Gasteiger partial charge is 0.379 e. The first-order chi connectivity index (χ1) is 12.2. The Bertz CT molecular complexity index is 510. The minimum atomic E-state index is 0.353. The summed E-state index contributed by atoms with van der Waals surface area (Å²) in [4.78, 5) is 0. The third kappa shape index (κ3) is 12.4. The third-order valence-corrected chi connectivity index (χ3v) is 3.99. The number of hydrogen-bond acceptors (Lipinski definition) is 2. The lowest BCUT2D eigenvalue weighted by Crippen LogP contribution is -2.12. The summed E-state index contributed by atoms with van der Waals surface area (Å²) in [5, 5.41) is 0. The van der Waals surface area contributed by atoms with E-state index in [0.717, 1.165) is 32.5 Å². The van der Waals surface area contributed by atoms with Gasteiger partial charge in [0.05, 0.1) is 19.3 Å². The van der Waals surface area contributed by atoms with Gasteiger partial charge in [0.2, 0.25) is 0 Å². The number of rotatable bonds is 10. The van der Waals surface area contributed by atoms with Gasteiger partial charge in [-0.25, -0.2) is 0 Å². The van der Waals surface area contributed by atoms with E-state index in [1.807, 2.05) is 18.2 Å². The van der Waals surface area contributed by atoms with Crippen LogP contribution in [0, 0.1) is 6.92 Å². The highest BCUT2D eigenvalue weighted by Gasteiger charge is 1.97. The molecule has 0 fully saturated rings. The molecule has 0 amide bonds. The average molecular weight is 343 g/mol. The van der Waals surface area contributed by atoms with Crippen molar-refractivity contribution in [1.29, 1.82) is 0 Å². The van der Waals surface area contributed by atoms with Gasteiger partial charge in [-0.3, -0.25) is 0 Å². The first-order valence-electron chi connectivity index (χ1n) is 9.47. The van der Waals surface area contributed by atoms with E-state index in [1.54, 1.807) is 0 Å². The average Bonchev–Trinajstić information content (AvgIpc) is 2.65. The van der Waals surface area contributed by atoms with Gasteiger partial charge in [-0.1, -0.05) is 73.2 Å². The summed E-state index contributed by atoms with van der Waals surface area (Å²) in [5.74, 6) is 0. The van der Waals surface area contributed by atoms with Crippen LogP contribution in [0.15, 0.2) is 60.7 Å². The fraction of sp³-hybridized carbons (Fsp3) is 0.478. The number of hydrogen-bond donors (Lipinski definition) is 0. The van der Waals surface area contributed by atoms with Crippen molar-refractivity contribution in [1.82, 2.24) is 0 Å². The summed E-state index contributed by atoms with van der Waals surface area (Å²) < 4.78 is 11.1. The van der Waals surface area contributed by atoms with Crippen molar-refractivity contribution in [3.8, 4) is 0 Å². The molecule has 2 rings (SSSR count). The van der Waals surface area contributed by atoms with E-state index in [-0.39, 0.29) is 0 Å². The molecule has 0 N–H and O–H groups in total. The van der Waals surface area contributed by atoms with Gasteiger partial charge in [0.25, 0.3) is 0 Å². The highest BCUT2D eigenvalue weighted by atomic mass is 16.5. The predicted octanol–water partition coefficient (Wildman–Crippen LogP) is 5.84. The quantitative estimate of drug-likeness (QED) is 0.505. The zero-order valence-corrected chi connectivity index (χ0v) is 16.1. The maximum absolute atomic E-state index is 5.54. The normalized spacial score (nSPS) is 11.5. The molecule has 2 aromatic rings. The van der Waals surface area contributed by atoms with Crippen molar-refractivity contribution in [2.24, 2.45) is 0 Å². The van der Waals surface area contributed by atoms with Crippen LogP contribution in [-0.2, 0) is 15.9 Å². The summed E-state index contributed by atoms with van der Waals surface area (Å²) in [6.07, 6.45) is 4.88. The standard InChI is InChI=1S/C16H26O2.C7H8/c1-3-15(2)18-14-13-17-12-8-7-11-16-9-5-4-6-10-16;1-7-5-3-2-4-6-7/h4-6,9-10,15H,3,7-8,11-14H2,1-2H3;2-6H,1H3. The lowest BCUT2D eigenvalue weighted by molar-refractivity contribution is 0.0104. The van der Waals surface area contributed by atoms with E-state index in [4.69, 9.17) is 9.47 Å². The van der Waals surface area contributed by atoms with Gasteiger partial charge in [-0.05, 0) is 45.1 Å². The molecule has 0 radical (unpaired) electrons. The van der Waals surface area contributed by atoms with Crippen molar-refractivity contribution in [3.63, 3.8) is 0 Å². The van der Waals surface area contributed by atoms with Crippen LogP contribution in [0.25, 0.3) is 0 Å². The Morgan fingerprint density at radius 3 is 2.00 bits per heavy atom.